The third-order valence-corrected chi connectivity index (χ3v) is 5.70. The maximum absolute atomic E-state index is 3.55. The molecule has 3 rings (SSSR count). The predicted molar refractivity (Wildman–Crippen MR) is 83.0 cm³/mol. The molecule has 3 heteroatoms. The van der Waals surface area contributed by atoms with E-state index in [-0.39, 0.29) is 0 Å². The average Bonchev–Trinajstić information content (AvgIpc) is 2.89. The van der Waals surface area contributed by atoms with Gasteiger partial charge in [0, 0.05) is 35.7 Å². The first-order valence-electron chi connectivity index (χ1n) is 7.55. The second-order valence-corrected chi connectivity index (χ2v) is 6.70. The summed E-state index contributed by atoms with van der Waals surface area (Å²) in [4.78, 5) is 4.20. The number of benzene rings is 1. The highest BCUT2D eigenvalue weighted by atomic mass is 32.2. The Kier molecular flexibility index (Phi) is 4.46. The van der Waals surface area contributed by atoms with Gasteiger partial charge in [0.05, 0.1) is 0 Å². The van der Waals surface area contributed by atoms with Crippen molar-refractivity contribution in [2.75, 3.05) is 31.9 Å². The van der Waals surface area contributed by atoms with Crippen LogP contribution in [-0.4, -0.2) is 42.9 Å². The van der Waals surface area contributed by atoms with Gasteiger partial charge in [0.15, 0.2) is 0 Å². The number of hydrogen-bond acceptors (Lipinski definition) is 3. The largest absolute Gasteiger partial charge is 0.315 e. The van der Waals surface area contributed by atoms with Gasteiger partial charge in [0.1, 0.15) is 0 Å². The Bertz CT molecular complexity index is 415. The lowest BCUT2D eigenvalue weighted by atomic mass is 9.98. The normalized spacial score (nSPS) is 26.6. The van der Waals surface area contributed by atoms with Crippen molar-refractivity contribution in [2.24, 2.45) is 0 Å². The maximum Gasteiger partial charge on any atom is 0.0221 e. The molecule has 19 heavy (non-hydrogen) atoms. The Labute approximate surface area is 121 Å². The van der Waals surface area contributed by atoms with Crippen LogP contribution in [0.25, 0.3) is 0 Å². The molecule has 0 amide bonds. The molecular formula is C16H24N2S. The summed E-state index contributed by atoms with van der Waals surface area (Å²) in [5.74, 6) is 1.98. The number of rotatable bonds is 4. The van der Waals surface area contributed by atoms with Crippen molar-refractivity contribution in [3.05, 3.63) is 29.8 Å². The first kappa shape index (κ1) is 13.5. The van der Waals surface area contributed by atoms with E-state index in [1.54, 1.807) is 5.56 Å². The molecule has 1 saturated heterocycles. The lowest BCUT2D eigenvalue weighted by Gasteiger charge is -2.35. The van der Waals surface area contributed by atoms with Gasteiger partial charge in [0.2, 0.25) is 0 Å². The summed E-state index contributed by atoms with van der Waals surface area (Å²) in [5.41, 5.74) is 1.58. The molecule has 2 aliphatic rings. The van der Waals surface area contributed by atoms with Crippen LogP contribution in [0.3, 0.4) is 0 Å². The monoisotopic (exact) mass is 276 g/mol. The smallest absolute Gasteiger partial charge is 0.0221 e. The molecule has 0 aromatic heterocycles. The van der Waals surface area contributed by atoms with Crippen LogP contribution in [0.15, 0.2) is 29.2 Å². The van der Waals surface area contributed by atoms with E-state index in [2.05, 4.69) is 41.4 Å². The van der Waals surface area contributed by atoms with Crippen LogP contribution in [0.5, 0.6) is 0 Å². The lowest BCUT2D eigenvalue weighted by molar-refractivity contribution is 0.167. The van der Waals surface area contributed by atoms with Gasteiger partial charge in [-0.3, -0.25) is 4.90 Å². The summed E-state index contributed by atoms with van der Waals surface area (Å²) in [6.07, 6.45) is 2.69. The minimum Gasteiger partial charge on any atom is -0.315 e. The number of nitrogens with one attached hydrogen (secondary N) is 1. The van der Waals surface area contributed by atoms with Crippen molar-refractivity contribution in [1.82, 2.24) is 10.2 Å². The predicted octanol–water partition coefficient (Wildman–Crippen LogP) is 2.95. The number of likely N-dealkylation sites (N-methyl/N-ethyl adjacent to an activating group) is 1. The van der Waals surface area contributed by atoms with Gasteiger partial charge in [-0.1, -0.05) is 25.1 Å². The van der Waals surface area contributed by atoms with Crippen molar-refractivity contribution >= 4 is 11.8 Å². The summed E-state index contributed by atoms with van der Waals surface area (Å²) in [7, 11) is 0. The summed E-state index contributed by atoms with van der Waals surface area (Å²) >= 11 is 2.03. The van der Waals surface area contributed by atoms with Gasteiger partial charge >= 0.3 is 0 Å². The zero-order chi connectivity index (χ0) is 13.1. The average molecular weight is 276 g/mol. The Hall–Kier alpha value is -0.510. The zero-order valence-electron chi connectivity index (χ0n) is 11.8. The van der Waals surface area contributed by atoms with Crippen molar-refractivity contribution < 1.29 is 0 Å². The van der Waals surface area contributed by atoms with Crippen LogP contribution in [-0.2, 0) is 0 Å². The summed E-state index contributed by atoms with van der Waals surface area (Å²) in [5, 5.41) is 3.55. The minimum absolute atomic E-state index is 0.725. The molecule has 1 N–H and O–H groups in total. The summed E-state index contributed by atoms with van der Waals surface area (Å²) < 4.78 is 0. The molecule has 2 aliphatic heterocycles. The molecule has 1 aromatic rings. The molecule has 0 spiro atoms. The van der Waals surface area contributed by atoms with Gasteiger partial charge in [-0.2, -0.15) is 0 Å². The van der Waals surface area contributed by atoms with Gasteiger partial charge in [0.25, 0.3) is 0 Å². The highest BCUT2D eigenvalue weighted by Crippen LogP contribution is 2.39. The van der Waals surface area contributed by atoms with Crippen LogP contribution < -0.4 is 5.32 Å². The Morgan fingerprint density at radius 1 is 1.37 bits per heavy atom. The number of thioether (sulfide) groups is 1. The third-order valence-electron chi connectivity index (χ3n) is 4.45. The molecule has 2 atom stereocenters. The minimum atomic E-state index is 0.725. The SMILES string of the molecule is CCN(CC1CSc2ccccc21)C1CCCNC1. The number of piperidine rings is 1. The molecule has 0 saturated carbocycles. The van der Waals surface area contributed by atoms with Crippen LogP contribution in [0.4, 0.5) is 0 Å². The van der Waals surface area contributed by atoms with Crippen LogP contribution >= 0.6 is 11.8 Å². The molecule has 0 radical (unpaired) electrons. The maximum atomic E-state index is 3.55. The first-order valence-corrected chi connectivity index (χ1v) is 8.53. The van der Waals surface area contributed by atoms with Gasteiger partial charge in [-0.25, -0.2) is 0 Å². The molecule has 2 heterocycles. The van der Waals surface area contributed by atoms with Gasteiger partial charge in [-0.05, 0) is 37.6 Å². The van der Waals surface area contributed by atoms with Crippen molar-refractivity contribution in [3.63, 3.8) is 0 Å². The molecule has 104 valence electrons. The van der Waals surface area contributed by atoms with Crippen LogP contribution in [0.1, 0.15) is 31.2 Å². The summed E-state index contributed by atoms with van der Waals surface area (Å²) in [6.45, 7) is 7.09. The molecule has 1 aromatic carbocycles. The van der Waals surface area contributed by atoms with Gasteiger partial charge in [-0.15, -0.1) is 11.8 Å². The molecule has 1 fully saturated rings. The third kappa shape index (κ3) is 2.99. The Morgan fingerprint density at radius 3 is 3.05 bits per heavy atom. The van der Waals surface area contributed by atoms with E-state index >= 15 is 0 Å². The standard InChI is InChI=1S/C16H24N2S/c1-2-18(14-6-5-9-17-10-14)11-13-12-19-16-8-4-3-7-15(13)16/h3-4,7-8,13-14,17H,2,5-6,9-12H2,1H3. The second-order valence-electron chi connectivity index (χ2n) is 5.63. The molecular weight excluding hydrogens is 252 g/mol. The van der Waals surface area contributed by atoms with E-state index in [1.165, 1.54) is 49.7 Å². The number of hydrogen-bond donors (Lipinski definition) is 1. The highest BCUT2D eigenvalue weighted by Gasteiger charge is 2.27. The van der Waals surface area contributed by atoms with E-state index in [1.807, 2.05) is 11.8 Å². The van der Waals surface area contributed by atoms with E-state index in [9.17, 15) is 0 Å². The van der Waals surface area contributed by atoms with Crippen molar-refractivity contribution in [1.29, 1.82) is 0 Å². The van der Waals surface area contributed by atoms with E-state index in [0.29, 0.717) is 0 Å². The van der Waals surface area contributed by atoms with Crippen molar-refractivity contribution in [2.45, 2.75) is 36.6 Å². The molecule has 2 nitrogen and oxygen atoms in total. The fraction of sp³-hybridized carbons (Fsp3) is 0.625. The van der Waals surface area contributed by atoms with Gasteiger partial charge < -0.3 is 5.32 Å². The quantitative estimate of drug-likeness (QED) is 0.910. The van der Waals surface area contributed by atoms with E-state index in [4.69, 9.17) is 0 Å². The van der Waals surface area contributed by atoms with E-state index in [0.717, 1.165) is 12.0 Å². The zero-order valence-corrected chi connectivity index (χ0v) is 12.6. The number of nitrogens with zero attached hydrogens (tertiary/aromatic N) is 1. The molecule has 2 unspecified atom stereocenters. The second kappa shape index (κ2) is 6.29. The topological polar surface area (TPSA) is 15.3 Å². The molecule has 0 aliphatic carbocycles. The van der Waals surface area contributed by atoms with Crippen LogP contribution in [0.2, 0.25) is 0 Å². The lowest BCUT2D eigenvalue weighted by Crippen LogP contribution is -2.47. The Morgan fingerprint density at radius 2 is 2.26 bits per heavy atom. The molecule has 0 bridgehead atoms. The number of fused-ring (bicyclic) bond motifs is 1. The fourth-order valence-electron chi connectivity index (χ4n) is 3.34. The van der Waals surface area contributed by atoms with Crippen molar-refractivity contribution in [3.8, 4) is 0 Å². The first-order chi connectivity index (χ1) is 9.38. The van der Waals surface area contributed by atoms with E-state index < -0.39 is 0 Å². The van der Waals surface area contributed by atoms with Crippen LogP contribution in [0, 0.1) is 0 Å². The summed E-state index contributed by atoms with van der Waals surface area (Å²) in [6, 6.07) is 9.70. The highest BCUT2D eigenvalue weighted by molar-refractivity contribution is 7.99. The fourth-order valence-corrected chi connectivity index (χ4v) is 4.59. The Balaban J connectivity index is 1.67.